The Balaban J connectivity index is 2.24. The van der Waals surface area contributed by atoms with Crippen LogP contribution in [0, 0.1) is 5.92 Å². The summed E-state index contributed by atoms with van der Waals surface area (Å²) in [5.74, 6) is 0.0500. The molecule has 8 heteroatoms. The van der Waals surface area contributed by atoms with Crippen molar-refractivity contribution in [1.82, 2.24) is 4.31 Å². The fraction of sp³-hybridized carbons (Fsp3) is 1.00. The predicted molar refractivity (Wildman–Crippen MR) is 62.9 cm³/mol. The molecule has 0 amide bonds. The van der Waals surface area contributed by atoms with Crippen LogP contribution in [-0.4, -0.2) is 64.7 Å². The lowest BCUT2D eigenvalue weighted by atomic mass is 9.85. The minimum atomic E-state index is -3.29. The van der Waals surface area contributed by atoms with E-state index in [1.807, 2.05) is 0 Å². The van der Waals surface area contributed by atoms with E-state index in [-0.39, 0.29) is 24.8 Å². The Hall–Kier alpha value is -0.180. The molecule has 100 valence electrons. The standard InChI is InChI=1S/C9H17NO5S2/c1-15-5-8-3-4-17(13,14)9(8)6-10(7-9)16(2,11)12/h8H,3-7H2,1-2H3/t8-/m0/s1. The molecule has 0 aromatic heterocycles. The van der Waals surface area contributed by atoms with Crippen LogP contribution in [-0.2, 0) is 24.6 Å². The van der Waals surface area contributed by atoms with Crippen LogP contribution in [0.25, 0.3) is 0 Å². The maximum atomic E-state index is 12.0. The number of nitrogens with zero attached hydrogens (tertiary/aromatic N) is 1. The van der Waals surface area contributed by atoms with E-state index in [0.29, 0.717) is 13.0 Å². The van der Waals surface area contributed by atoms with Crippen molar-refractivity contribution in [3.8, 4) is 0 Å². The molecule has 2 heterocycles. The second-order valence-corrected chi connectivity index (χ2v) is 9.29. The van der Waals surface area contributed by atoms with Crippen LogP contribution < -0.4 is 0 Å². The molecule has 0 radical (unpaired) electrons. The normalized spacial score (nSPS) is 31.5. The molecule has 2 saturated heterocycles. The van der Waals surface area contributed by atoms with Gasteiger partial charge in [0.25, 0.3) is 0 Å². The van der Waals surface area contributed by atoms with E-state index in [0.717, 1.165) is 6.26 Å². The van der Waals surface area contributed by atoms with E-state index in [4.69, 9.17) is 4.74 Å². The van der Waals surface area contributed by atoms with Crippen LogP contribution in [0.15, 0.2) is 0 Å². The van der Waals surface area contributed by atoms with Gasteiger partial charge in [-0.25, -0.2) is 16.8 Å². The molecule has 1 spiro atoms. The van der Waals surface area contributed by atoms with E-state index < -0.39 is 24.6 Å². The summed E-state index contributed by atoms with van der Waals surface area (Å²) in [6.07, 6.45) is 1.67. The van der Waals surface area contributed by atoms with Gasteiger partial charge in [-0.05, 0) is 6.42 Å². The third-order valence-corrected chi connectivity index (χ3v) is 7.62. The SMILES string of the molecule is COC[C@@H]1CCS(=O)(=O)C12CN(S(C)(=O)=O)C2. The first kappa shape index (κ1) is 13.3. The van der Waals surface area contributed by atoms with Gasteiger partial charge in [0.2, 0.25) is 10.0 Å². The van der Waals surface area contributed by atoms with Crippen molar-refractivity contribution in [2.45, 2.75) is 11.2 Å². The Bertz CT molecular complexity index is 504. The highest BCUT2D eigenvalue weighted by Crippen LogP contribution is 2.45. The molecule has 0 aromatic rings. The highest BCUT2D eigenvalue weighted by Gasteiger charge is 2.63. The summed E-state index contributed by atoms with van der Waals surface area (Å²) in [7, 11) is -4.96. The maximum Gasteiger partial charge on any atom is 0.211 e. The Kier molecular flexibility index (Phi) is 3.05. The van der Waals surface area contributed by atoms with Crippen molar-refractivity contribution < 1.29 is 21.6 Å². The van der Waals surface area contributed by atoms with Crippen molar-refractivity contribution in [2.75, 3.05) is 38.8 Å². The smallest absolute Gasteiger partial charge is 0.211 e. The third-order valence-electron chi connectivity index (χ3n) is 3.82. The summed E-state index contributed by atoms with van der Waals surface area (Å²) in [6, 6.07) is 0. The molecule has 0 unspecified atom stereocenters. The van der Waals surface area contributed by atoms with Crippen LogP contribution in [0.1, 0.15) is 6.42 Å². The second-order valence-electron chi connectivity index (χ2n) is 4.86. The van der Waals surface area contributed by atoms with Gasteiger partial charge in [-0.15, -0.1) is 0 Å². The highest BCUT2D eigenvalue weighted by atomic mass is 32.2. The third kappa shape index (κ3) is 1.91. The molecule has 6 nitrogen and oxygen atoms in total. The summed E-state index contributed by atoms with van der Waals surface area (Å²) < 4.78 is 52.1. The molecule has 0 saturated carbocycles. The van der Waals surface area contributed by atoms with Crippen LogP contribution in [0.2, 0.25) is 0 Å². The monoisotopic (exact) mass is 283 g/mol. The van der Waals surface area contributed by atoms with Gasteiger partial charge >= 0.3 is 0 Å². The number of methoxy groups -OCH3 is 1. The summed E-state index contributed by atoms with van der Waals surface area (Å²) in [5.41, 5.74) is 0. The molecule has 0 aliphatic carbocycles. The van der Waals surface area contributed by atoms with E-state index in [9.17, 15) is 16.8 Å². The Morgan fingerprint density at radius 1 is 1.41 bits per heavy atom. The molecule has 2 aliphatic rings. The number of sulfone groups is 1. The molecule has 2 fully saturated rings. The number of sulfonamides is 1. The maximum absolute atomic E-state index is 12.0. The van der Waals surface area contributed by atoms with E-state index in [2.05, 4.69) is 0 Å². The minimum absolute atomic E-state index is 0.0855. The van der Waals surface area contributed by atoms with Crippen LogP contribution in [0.3, 0.4) is 0 Å². The molecule has 2 aliphatic heterocycles. The van der Waals surface area contributed by atoms with E-state index >= 15 is 0 Å². The zero-order chi connectivity index (χ0) is 12.9. The number of hydrogen-bond donors (Lipinski definition) is 0. The number of hydrogen-bond acceptors (Lipinski definition) is 5. The van der Waals surface area contributed by atoms with Gasteiger partial charge in [-0.3, -0.25) is 0 Å². The average molecular weight is 283 g/mol. The molecular weight excluding hydrogens is 266 g/mol. The number of rotatable bonds is 3. The molecule has 2 rings (SSSR count). The lowest BCUT2D eigenvalue weighted by molar-refractivity contribution is 0.0870. The molecule has 17 heavy (non-hydrogen) atoms. The summed E-state index contributed by atoms with van der Waals surface area (Å²) in [5, 5.41) is 0. The van der Waals surface area contributed by atoms with Gasteiger partial charge in [0.1, 0.15) is 4.75 Å². The van der Waals surface area contributed by atoms with Crippen LogP contribution >= 0.6 is 0 Å². The first-order valence-corrected chi connectivity index (χ1v) is 8.89. The van der Waals surface area contributed by atoms with Crippen molar-refractivity contribution >= 4 is 19.9 Å². The van der Waals surface area contributed by atoms with Gasteiger partial charge < -0.3 is 4.74 Å². The topological polar surface area (TPSA) is 80.8 Å². The van der Waals surface area contributed by atoms with Crippen molar-refractivity contribution in [2.24, 2.45) is 5.92 Å². The molecule has 0 N–H and O–H groups in total. The average Bonchev–Trinajstić information content (AvgIpc) is 2.34. The van der Waals surface area contributed by atoms with Crippen molar-refractivity contribution in [3.05, 3.63) is 0 Å². The molecule has 1 atom stereocenters. The molecule has 0 bridgehead atoms. The Labute approximate surface area is 102 Å². The largest absolute Gasteiger partial charge is 0.384 e. The fourth-order valence-electron chi connectivity index (χ4n) is 2.69. The Morgan fingerprint density at radius 3 is 2.47 bits per heavy atom. The zero-order valence-corrected chi connectivity index (χ0v) is 11.6. The predicted octanol–water partition coefficient (Wildman–Crippen LogP) is -0.918. The van der Waals surface area contributed by atoms with Gasteiger partial charge in [0.05, 0.1) is 18.6 Å². The zero-order valence-electron chi connectivity index (χ0n) is 9.92. The first-order valence-electron chi connectivity index (χ1n) is 5.39. The van der Waals surface area contributed by atoms with Crippen molar-refractivity contribution in [3.63, 3.8) is 0 Å². The second kappa shape index (κ2) is 3.91. The fourth-order valence-corrected chi connectivity index (χ4v) is 6.19. The number of ether oxygens (including phenoxy) is 1. The van der Waals surface area contributed by atoms with E-state index in [1.54, 1.807) is 0 Å². The summed E-state index contributed by atoms with van der Waals surface area (Å²) in [4.78, 5) is 0. The quantitative estimate of drug-likeness (QED) is 0.669. The molecular formula is C9H17NO5S2. The van der Waals surface area contributed by atoms with Crippen LogP contribution in [0.5, 0.6) is 0 Å². The van der Waals surface area contributed by atoms with Gasteiger partial charge in [-0.2, -0.15) is 4.31 Å². The lowest BCUT2D eigenvalue weighted by Crippen LogP contribution is -2.68. The van der Waals surface area contributed by atoms with Gasteiger partial charge in [-0.1, -0.05) is 0 Å². The summed E-state index contributed by atoms with van der Waals surface area (Å²) in [6.45, 7) is 0.543. The van der Waals surface area contributed by atoms with E-state index in [1.165, 1.54) is 11.4 Å². The first-order chi connectivity index (χ1) is 7.73. The van der Waals surface area contributed by atoms with Gasteiger partial charge in [0.15, 0.2) is 9.84 Å². The van der Waals surface area contributed by atoms with Crippen LogP contribution in [0.4, 0.5) is 0 Å². The minimum Gasteiger partial charge on any atom is -0.384 e. The Morgan fingerprint density at radius 2 is 2.00 bits per heavy atom. The van der Waals surface area contributed by atoms with Crippen molar-refractivity contribution in [1.29, 1.82) is 0 Å². The van der Waals surface area contributed by atoms with Gasteiger partial charge in [0, 0.05) is 26.1 Å². The molecule has 0 aromatic carbocycles. The summed E-state index contributed by atoms with van der Waals surface area (Å²) >= 11 is 0. The lowest BCUT2D eigenvalue weighted by Gasteiger charge is -2.48. The highest BCUT2D eigenvalue weighted by molar-refractivity contribution is 7.93.